The van der Waals surface area contributed by atoms with E-state index in [9.17, 15) is 4.79 Å². The molecule has 0 saturated heterocycles. The van der Waals surface area contributed by atoms with Gasteiger partial charge in [0.15, 0.2) is 0 Å². The third kappa shape index (κ3) is 3.76. The number of carbonyl (C=O) groups excluding carboxylic acids is 1. The first-order valence-corrected chi connectivity index (χ1v) is 9.26. The van der Waals surface area contributed by atoms with Crippen LogP contribution in [0.1, 0.15) is 38.5 Å². The van der Waals surface area contributed by atoms with E-state index >= 15 is 0 Å². The number of hydrogen-bond donors (Lipinski definition) is 2. The highest BCUT2D eigenvalue weighted by atomic mass is 16.1. The van der Waals surface area contributed by atoms with E-state index in [1.165, 1.54) is 37.5 Å². The van der Waals surface area contributed by atoms with E-state index < -0.39 is 0 Å². The van der Waals surface area contributed by atoms with Crippen molar-refractivity contribution in [2.45, 2.75) is 38.5 Å². The molecular weight excluding hydrogens is 308 g/mol. The number of rotatable bonds is 4. The lowest BCUT2D eigenvalue weighted by Crippen LogP contribution is -2.18. The molecular formula is C22H24N2O. The maximum absolute atomic E-state index is 12.2. The second-order valence-electron chi connectivity index (χ2n) is 7.10. The number of fused-ring (bicyclic) bond motifs is 1. The molecule has 1 amide bonds. The Morgan fingerprint density at radius 3 is 2.52 bits per heavy atom. The minimum absolute atomic E-state index is 0.144. The summed E-state index contributed by atoms with van der Waals surface area (Å²) in [6, 6.07) is 18.5. The Hall–Kier alpha value is -2.55. The SMILES string of the molecule is O=C(CC1CCCCC1)Nc1ccc(-c2cc3ccccc3[nH]2)cc1. The van der Waals surface area contributed by atoms with Crippen molar-refractivity contribution < 1.29 is 4.79 Å². The van der Waals surface area contributed by atoms with Gasteiger partial charge in [-0.15, -0.1) is 0 Å². The lowest BCUT2D eigenvalue weighted by molar-refractivity contribution is -0.117. The molecule has 2 N–H and O–H groups in total. The van der Waals surface area contributed by atoms with E-state index in [1.807, 2.05) is 24.3 Å². The van der Waals surface area contributed by atoms with Crippen LogP contribution >= 0.6 is 0 Å². The molecule has 1 aromatic heterocycles. The third-order valence-corrected chi connectivity index (χ3v) is 5.21. The average molecular weight is 332 g/mol. The molecule has 0 unspecified atom stereocenters. The number of nitrogens with one attached hydrogen (secondary N) is 2. The number of H-pyrrole nitrogens is 1. The molecule has 0 spiro atoms. The van der Waals surface area contributed by atoms with Crippen molar-refractivity contribution in [1.82, 2.24) is 4.98 Å². The fraction of sp³-hybridized carbons (Fsp3) is 0.318. The van der Waals surface area contributed by atoms with E-state index in [0.717, 1.165) is 22.5 Å². The summed E-state index contributed by atoms with van der Waals surface area (Å²) in [6.45, 7) is 0. The summed E-state index contributed by atoms with van der Waals surface area (Å²) in [5.41, 5.74) is 4.24. The molecule has 4 rings (SSSR count). The van der Waals surface area contributed by atoms with Crippen molar-refractivity contribution in [1.29, 1.82) is 0 Å². The molecule has 1 fully saturated rings. The van der Waals surface area contributed by atoms with Crippen molar-refractivity contribution in [3.63, 3.8) is 0 Å². The minimum atomic E-state index is 0.144. The number of aromatic amines is 1. The number of benzene rings is 2. The number of carbonyl (C=O) groups is 1. The third-order valence-electron chi connectivity index (χ3n) is 5.21. The molecule has 3 nitrogen and oxygen atoms in total. The van der Waals surface area contributed by atoms with E-state index in [0.29, 0.717) is 12.3 Å². The largest absolute Gasteiger partial charge is 0.355 e. The normalized spacial score (nSPS) is 15.4. The van der Waals surface area contributed by atoms with Crippen molar-refractivity contribution >= 4 is 22.5 Å². The van der Waals surface area contributed by atoms with Gasteiger partial charge < -0.3 is 10.3 Å². The fourth-order valence-electron chi connectivity index (χ4n) is 3.83. The topological polar surface area (TPSA) is 44.9 Å². The van der Waals surface area contributed by atoms with Gasteiger partial charge in [-0.2, -0.15) is 0 Å². The maximum Gasteiger partial charge on any atom is 0.224 e. The zero-order valence-electron chi connectivity index (χ0n) is 14.4. The molecule has 0 aliphatic heterocycles. The van der Waals surface area contributed by atoms with Crippen molar-refractivity contribution in [3.05, 3.63) is 54.6 Å². The molecule has 0 atom stereocenters. The highest BCUT2D eigenvalue weighted by molar-refractivity contribution is 5.91. The highest BCUT2D eigenvalue weighted by Gasteiger charge is 2.17. The van der Waals surface area contributed by atoms with Gasteiger partial charge in [-0.05, 0) is 48.6 Å². The average Bonchev–Trinajstić information content (AvgIpc) is 3.07. The van der Waals surface area contributed by atoms with Crippen LogP contribution in [-0.4, -0.2) is 10.9 Å². The van der Waals surface area contributed by atoms with Gasteiger partial charge in [-0.25, -0.2) is 0 Å². The lowest BCUT2D eigenvalue weighted by atomic mass is 9.87. The second kappa shape index (κ2) is 7.14. The Labute approximate surface area is 148 Å². The molecule has 25 heavy (non-hydrogen) atoms. The first kappa shape index (κ1) is 15.9. The van der Waals surface area contributed by atoms with E-state index in [2.05, 4.69) is 40.6 Å². The summed E-state index contributed by atoms with van der Waals surface area (Å²) in [4.78, 5) is 15.7. The van der Waals surface area contributed by atoms with Crippen LogP contribution in [0.5, 0.6) is 0 Å². The number of para-hydroxylation sites is 1. The Balaban J connectivity index is 1.41. The van der Waals surface area contributed by atoms with Crippen LogP contribution in [0.4, 0.5) is 5.69 Å². The van der Waals surface area contributed by atoms with Crippen LogP contribution in [0.2, 0.25) is 0 Å². The van der Waals surface area contributed by atoms with E-state index in [1.54, 1.807) is 0 Å². The molecule has 128 valence electrons. The molecule has 1 heterocycles. The number of aromatic nitrogens is 1. The summed E-state index contributed by atoms with van der Waals surface area (Å²) in [5.74, 6) is 0.713. The smallest absolute Gasteiger partial charge is 0.224 e. The van der Waals surface area contributed by atoms with Gasteiger partial charge in [-0.1, -0.05) is 49.6 Å². The molecule has 3 aromatic rings. The van der Waals surface area contributed by atoms with Crippen LogP contribution < -0.4 is 5.32 Å². The predicted octanol–water partition coefficient (Wildman–Crippen LogP) is 5.74. The standard InChI is InChI=1S/C22H24N2O/c25-22(14-16-6-2-1-3-7-16)23-19-12-10-17(11-13-19)21-15-18-8-4-5-9-20(18)24-21/h4-5,8-13,15-16,24H,1-3,6-7,14H2,(H,23,25). The molecule has 0 bridgehead atoms. The zero-order valence-corrected chi connectivity index (χ0v) is 14.4. The van der Waals surface area contributed by atoms with Gasteiger partial charge in [0.25, 0.3) is 0 Å². The van der Waals surface area contributed by atoms with Gasteiger partial charge in [-0.3, -0.25) is 4.79 Å². The summed E-state index contributed by atoms with van der Waals surface area (Å²) < 4.78 is 0. The molecule has 0 radical (unpaired) electrons. The van der Waals surface area contributed by atoms with Gasteiger partial charge in [0, 0.05) is 28.7 Å². The first-order chi connectivity index (χ1) is 12.3. The maximum atomic E-state index is 12.2. The number of anilines is 1. The zero-order chi connectivity index (χ0) is 17.1. The molecule has 3 heteroatoms. The predicted molar refractivity (Wildman–Crippen MR) is 104 cm³/mol. The number of hydrogen-bond acceptors (Lipinski definition) is 1. The van der Waals surface area contributed by atoms with Crippen LogP contribution in [0.25, 0.3) is 22.2 Å². The fourth-order valence-corrected chi connectivity index (χ4v) is 3.83. The van der Waals surface area contributed by atoms with Crippen molar-refractivity contribution in [2.75, 3.05) is 5.32 Å². The highest BCUT2D eigenvalue weighted by Crippen LogP contribution is 2.27. The van der Waals surface area contributed by atoms with Crippen LogP contribution in [0, 0.1) is 5.92 Å². The van der Waals surface area contributed by atoms with Crippen molar-refractivity contribution in [2.24, 2.45) is 5.92 Å². The van der Waals surface area contributed by atoms with Crippen LogP contribution in [0.3, 0.4) is 0 Å². The van der Waals surface area contributed by atoms with Crippen LogP contribution in [0.15, 0.2) is 54.6 Å². The monoisotopic (exact) mass is 332 g/mol. The van der Waals surface area contributed by atoms with E-state index in [-0.39, 0.29) is 5.91 Å². The minimum Gasteiger partial charge on any atom is -0.355 e. The summed E-state index contributed by atoms with van der Waals surface area (Å²) in [6.07, 6.45) is 6.94. The van der Waals surface area contributed by atoms with Gasteiger partial charge in [0.2, 0.25) is 5.91 Å². The quantitative estimate of drug-likeness (QED) is 0.628. The Morgan fingerprint density at radius 1 is 1.00 bits per heavy atom. The van der Waals surface area contributed by atoms with Crippen molar-refractivity contribution in [3.8, 4) is 11.3 Å². The molecule has 1 saturated carbocycles. The first-order valence-electron chi connectivity index (χ1n) is 9.26. The van der Waals surface area contributed by atoms with Gasteiger partial charge in [0.05, 0.1) is 0 Å². The Bertz CT molecular complexity index is 824. The number of amides is 1. The summed E-state index contributed by atoms with van der Waals surface area (Å²) >= 11 is 0. The van der Waals surface area contributed by atoms with Gasteiger partial charge >= 0.3 is 0 Å². The molecule has 1 aliphatic rings. The lowest BCUT2D eigenvalue weighted by Gasteiger charge is -2.20. The van der Waals surface area contributed by atoms with Gasteiger partial charge in [0.1, 0.15) is 0 Å². The van der Waals surface area contributed by atoms with E-state index in [4.69, 9.17) is 0 Å². The Kier molecular flexibility index (Phi) is 4.55. The summed E-state index contributed by atoms with van der Waals surface area (Å²) in [5, 5.41) is 4.26. The Morgan fingerprint density at radius 2 is 1.76 bits per heavy atom. The summed E-state index contributed by atoms with van der Waals surface area (Å²) in [7, 11) is 0. The second-order valence-corrected chi connectivity index (χ2v) is 7.10. The molecule has 2 aromatic carbocycles. The molecule has 1 aliphatic carbocycles. The van der Waals surface area contributed by atoms with Crippen LogP contribution in [-0.2, 0) is 4.79 Å².